The zero-order chi connectivity index (χ0) is 14.8. The van der Waals surface area contributed by atoms with Crippen molar-refractivity contribution in [1.29, 1.82) is 0 Å². The molecule has 21 heavy (non-hydrogen) atoms. The van der Waals surface area contributed by atoms with Crippen LogP contribution >= 0.6 is 0 Å². The molecule has 5 heteroatoms. The van der Waals surface area contributed by atoms with E-state index in [9.17, 15) is 0 Å². The molecule has 1 aromatic rings. The molecule has 0 bridgehead atoms. The SMILES string of the molecule is COc1cc2c(cc1CNCC1CNNC1C)OC(C)C2. The van der Waals surface area contributed by atoms with E-state index in [1.54, 1.807) is 7.11 Å². The number of fused-ring (bicyclic) bond motifs is 1. The van der Waals surface area contributed by atoms with E-state index in [0.717, 1.165) is 43.1 Å². The Morgan fingerprint density at radius 3 is 2.95 bits per heavy atom. The fourth-order valence-corrected chi connectivity index (χ4v) is 3.10. The van der Waals surface area contributed by atoms with Crippen molar-refractivity contribution in [1.82, 2.24) is 16.2 Å². The lowest BCUT2D eigenvalue weighted by Gasteiger charge is -2.16. The minimum absolute atomic E-state index is 0.268. The lowest BCUT2D eigenvalue weighted by Crippen LogP contribution is -2.32. The van der Waals surface area contributed by atoms with Gasteiger partial charge in [-0.15, -0.1) is 0 Å². The van der Waals surface area contributed by atoms with Gasteiger partial charge in [0, 0.05) is 49.1 Å². The third kappa shape index (κ3) is 3.15. The third-order valence-electron chi connectivity index (χ3n) is 4.42. The number of hydrogen-bond acceptors (Lipinski definition) is 5. The summed E-state index contributed by atoms with van der Waals surface area (Å²) in [6, 6.07) is 4.75. The first-order valence-electron chi connectivity index (χ1n) is 7.73. The molecule has 3 unspecified atom stereocenters. The van der Waals surface area contributed by atoms with E-state index in [2.05, 4.69) is 42.1 Å². The van der Waals surface area contributed by atoms with Crippen molar-refractivity contribution >= 4 is 0 Å². The Balaban J connectivity index is 1.63. The second-order valence-corrected chi connectivity index (χ2v) is 6.11. The van der Waals surface area contributed by atoms with Gasteiger partial charge >= 0.3 is 0 Å². The van der Waals surface area contributed by atoms with Crippen LogP contribution in [-0.2, 0) is 13.0 Å². The Morgan fingerprint density at radius 2 is 2.24 bits per heavy atom. The second kappa shape index (κ2) is 6.22. The molecule has 2 aliphatic rings. The molecule has 1 saturated heterocycles. The standard InChI is InChI=1S/C16H25N3O2/c1-10-4-12-5-15(20-3)13(6-16(12)21-10)7-17-8-14-9-18-19-11(14)2/h5-6,10-11,14,17-19H,4,7-9H2,1-3H3. The number of benzene rings is 1. The maximum absolute atomic E-state index is 5.84. The van der Waals surface area contributed by atoms with Gasteiger partial charge in [-0.3, -0.25) is 10.9 Å². The van der Waals surface area contributed by atoms with Crippen molar-refractivity contribution in [3.05, 3.63) is 23.3 Å². The predicted octanol–water partition coefficient (Wildman–Crippen LogP) is 1.22. The molecular formula is C16H25N3O2. The van der Waals surface area contributed by atoms with Crippen LogP contribution in [0.2, 0.25) is 0 Å². The fourth-order valence-electron chi connectivity index (χ4n) is 3.10. The zero-order valence-electron chi connectivity index (χ0n) is 13.0. The monoisotopic (exact) mass is 291 g/mol. The lowest BCUT2D eigenvalue weighted by molar-refractivity contribution is 0.254. The van der Waals surface area contributed by atoms with E-state index in [-0.39, 0.29) is 6.10 Å². The quantitative estimate of drug-likeness (QED) is 0.761. The number of rotatable bonds is 5. The molecule has 0 radical (unpaired) electrons. The first-order valence-corrected chi connectivity index (χ1v) is 7.73. The average molecular weight is 291 g/mol. The molecule has 3 N–H and O–H groups in total. The van der Waals surface area contributed by atoms with Gasteiger partial charge < -0.3 is 14.8 Å². The number of ether oxygens (including phenoxy) is 2. The summed E-state index contributed by atoms with van der Waals surface area (Å²) in [6.07, 6.45) is 1.24. The zero-order valence-corrected chi connectivity index (χ0v) is 13.0. The summed E-state index contributed by atoms with van der Waals surface area (Å²) in [7, 11) is 1.73. The second-order valence-electron chi connectivity index (χ2n) is 6.11. The average Bonchev–Trinajstić information content (AvgIpc) is 3.02. The number of methoxy groups -OCH3 is 1. The summed E-state index contributed by atoms with van der Waals surface area (Å²) >= 11 is 0. The molecule has 0 spiro atoms. The highest BCUT2D eigenvalue weighted by Crippen LogP contribution is 2.34. The van der Waals surface area contributed by atoms with Gasteiger partial charge in [0.15, 0.2) is 0 Å². The Labute approximate surface area is 126 Å². The van der Waals surface area contributed by atoms with Crippen molar-refractivity contribution in [2.24, 2.45) is 5.92 Å². The Bertz CT molecular complexity index is 507. The Hall–Kier alpha value is -1.30. The van der Waals surface area contributed by atoms with Crippen molar-refractivity contribution in [3.63, 3.8) is 0 Å². The molecule has 1 aromatic carbocycles. The molecule has 0 aromatic heterocycles. The van der Waals surface area contributed by atoms with Crippen molar-refractivity contribution in [2.45, 2.75) is 39.0 Å². The van der Waals surface area contributed by atoms with Gasteiger partial charge in [-0.2, -0.15) is 0 Å². The first-order chi connectivity index (χ1) is 10.2. The van der Waals surface area contributed by atoms with Crippen LogP contribution in [0.5, 0.6) is 11.5 Å². The molecule has 3 atom stereocenters. The van der Waals surface area contributed by atoms with Gasteiger partial charge in [0.25, 0.3) is 0 Å². The molecule has 2 heterocycles. The van der Waals surface area contributed by atoms with Crippen LogP contribution in [0, 0.1) is 5.92 Å². The van der Waals surface area contributed by atoms with Crippen LogP contribution < -0.4 is 25.6 Å². The molecular weight excluding hydrogens is 266 g/mol. The van der Waals surface area contributed by atoms with Gasteiger partial charge in [-0.05, 0) is 26.0 Å². The topological polar surface area (TPSA) is 54.5 Å². The van der Waals surface area contributed by atoms with E-state index in [1.807, 2.05) is 0 Å². The summed E-state index contributed by atoms with van der Waals surface area (Å²) in [5.41, 5.74) is 8.86. The number of nitrogens with one attached hydrogen (secondary N) is 3. The molecule has 0 aliphatic carbocycles. The van der Waals surface area contributed by atoms with Gasteiger partial charge in [0.1, 0.15) is 17.6 Å². The first kappa shape index (κ1) is 14.6. The third-order valence-corrected chi connectivity index (χ3v) is 4.42. The maximum Gasteiger partial charge on any atom is 0.123 e. The minimum Gasteiger partial charge on any atom is -0.496 e. The van der Waals surface area contributed by atoms with E-state index in [1.165, 1.54) is 5.56 Å². The number of hydrazine groups is 1. The summed E-state index contributed by atoms with van der Waals surface area (Å²) in [6.45, 7) is 7.11. The highest BCUT2D eigenvalue weighted by atomic mass is 16.5. The van der Waals surface area contributed by atoms with Crippen molar-refractivity contribution in [2.75, 3.05) is 20.2 Å². The van der Waals surface area contributed by atoms with E-state index >= 15 is 0 Å². The molecule has 116 valence electrons. The Morgan fingerprint density at radius 1 is 1.38 bits per heavy atom. The Kier molecular flexibility index (Phi) is 4.33. The van der Waals surface area contributed by atoms with Gasteiger partial charge in [0.05, 0.1) is 7.11 Å². The predicted molar refractivity (Wildman–Crippen MR) is 82.6 cm³/mol. The van der Waals surface area contributed by atoms with Gasteiger partial charge in [0.2, 0.25) is 0 Å². The van der Waals surface area contributed by atoms with Crippen LogP contribution in [0.3, 0.4) is 0 Å². The van der Waals surface area contributed by atoms with Crippen LogP contribution in [0.1, 0.15) is 25.0 Å². The normalized spacial score (nSPS) is 27.5. The molecule has 0 saturated carbocycles. The van der Waals surface area contributed by atoms with Crippen LogP contribution in [0.4, 0.5) is 0 Å². The minimum atomic E-state index is 0.268. The van der Waals surface area contributed by atoms with E-state index < -0.39 is 0 Å². The van der Waals surface area contributed by atoms with Gasteiger partial charge in [-0.1, -0.05) is 0 Å². The highest BCUT2D eigenvalue weighted by molar-refractivity contribution is 5.48. The summed E-state index contributed by atoms with van der Waals surface area (Å²) < 4.78 is 11.4. The molecule has 0 amide bonds. The van der Waals surface area contributed by atoms with Crippen LogP contribution in [-0.4, -0.2) is 32.3 Å². The highest BCUT2D eigenvalue weighted by Gasteiger charge is 2.23. The van der Waals surface area contributed by atoms with Crippen LogP contribution in [0.25, 0.3) is 0 Å². The summed E-state index contributed by atoms with van der Waals surface area (Å²) in [5, 5.41) is 3.54. The number of hydrogen-bond donors (Lipinski definition) is 3. The summed E-state index contributed by atoms with van der Waals surface area (Å²) in [5.74, 6) is 2.58. The van der Waals surface area contributed by atoms with Crippen molar-refractivity contribution in [3.8, 4) is 11.5 Å². The van der Waals surface area contributed by atoms with Crippen LogP contribution in [0.15, 0.2) is 12.1 Å². The maximum atomic E-state index is 5.84. The van der Waals surface area contributed by atoms with E-state index in [4.69, 9.17) is 9.47 Å². The molecule has 3 rings (SSSR count). The van der Waals surface area contributed by atoms with Gasteiger partial charge in [-0.25, -0.2) is 0 Å². The smallest absolute Gasteiger partial charge is 0.123 e. The van der Waals surface area contributed by atoms with E-state index in [0.29, 0.717) is 12.0 Å². The largest absolute Gasteiger partial charge is 0.496 e. The van der Waals surface area contributed by atoms with Crippen molar-refractivity contribution < 1.29 is 9.47 Å². The molecule has 1 fully saturated rings. The molecule has 2 aliphatic heterocycles. The summed E-state index contributed by atoms with van der Waals surface area (Å²) in [4.78, 5) is 0. The lowest BCUT2D eigenvalue weighted by atomic mass is 10.0. The fraction of sp³-hybridized carbons (Fsp3) is 0.625. The molecule has 5 nitrogen and oxygen atoms in total.